The number of thioether (sulfide) groups is 1. The summed E-state index contributed by atoms with van der Waals surface area (Å²) in [5.41, 5.74) is 0.269. The van der Waals surface area contributed by atoms with E-state index in [0.717, 1.165) is 25.8 Å². The zero-order chi connectivity index (χ0) is 16.9. The SMILES string of the molecule is CC[C@@H]1CCCCN1C(=O)CSc1nnc(-c2ccccc2F)o1. The second kappa shape index (κ2) is 7.79. The van der Waals surface area contributed by atoms with E-state index in [1.165, 1.54) is 24.2 Å². The van der Waals surface area contributed by atoms with Crippen LogP contribution < -0.4 is 0 Å². The van der Waals surface area contributed by atoms with E-state index < -0.39 is 5.82 Å². The fraction of sp³-hybridized carbons (Fsp3) is 0.471. The number of likely N-dealkylation sites (tertiary alicyclic amines) is 1. The van der Waals surface area contributed by atoms with Crippen LogP contribution in [0.3, 0.4) is 0 Å². The highest BCUT2D eigenvalue weighted by Crippen LogP contribution is 2.26. The molecule has 0 radical (unpaired) electrons. The monoisotopic (exact) mass is 349 g/mol. The van der Waals surface area contributed by atoms with Crippen molar-refractivity contribution in [1.82, 2.24) is 15.1 Å². The zero-order valence-corrected chi connectivity index (χ0v) is 14.4. The molecule has 1 amide bonds. The fourth-order valence-electron chi connectivity index (χ4n) is 2.97. The molecule has 1 aromatic heterocycles. The first-order chi connectivity index (χ1) is 11.7. The van der Waals surface area contributed by atoms with Gasteiger partial charge in [0.05, 0.1) is 11.3 Å². The molecule has 7 heteroatoms. The van der Waals surface area contributed by atoms with Crippen molar-refractivity contribution in [2.24, 2.45) is 0 Å². The van der Waals surface area contributed by atoms with Gasteiger partial charge in [-0.2, -0.15) is 0 Å². The minimum atomic E-state index is -0.409. The molecule has 2 heterocycles. The number of aromatic nitrogens is 2. The van der Waals surface area contributed by atoms with Gasteiger partial charge in [-0.05, 0) is 37.8 Å². The maximum absolute atomic E-state index is 13.7. The number of nitrogens with zero attached hydrogens (tertiary/aromatic N) is 3. The quantitative estimate of drug-likeness (QED) is 0.769. The maximum Gasteiger partial charge on any atom is 0.277 e. The van der Waals surface area contributed by atoms with Gasteiger partial charge in [-0.1, -0.05) is 30.8 Å². The third-order valence-electron chi connectivity index (χ3n) is 4.25. The van der Waals surface area contributed by atoms with Gasteiger partial charge in [0, 0.05) is 12.6 Å². The van der Waals surface area contributed by atoms with Crippen molar-refractivity contribution in [3.8, 4) is 11.5 Å². The van der Waals surface area contributed by atoms with E-state index in [0.29, 0.717) is 6.04 Å². The van der Waals surface area contributed by atoms with Crippen molar-refractivity contribution in [2.45, 2.75) is 43.9 Å². The lowest BCUT2D eigenvalue weighted by Crippen LogP contribution is -2.44. The summed E-state index contributed by atoms with van der Waals surface area (Å²) in [6.07, 6.45) is 4.30. The standard InChI is InChI=1S/C17H20FN3O2S/c1-2-12-7-5-6-10-21(12)15(22)11-24-17-20-19-16(23-17)13-8-3-4-9-14(13)18/h3-4,8-9,12H,2,5-7,10-11H2,1H3/t12-/m1/s1. The van der Waals surface area contributed by atoms with E-state index >= 15 is 0 Å². The third kappa shape index (κ3) is 3.77. The summed E-state index contributed by atoms with van der Waals surface area (Å²) in [5, 5.41) is 8.05. The van der Waals surface area contributed by atoms with Gasteiger partial charge in [-0.25, -0.2) is 4.39 Å². The molecular formula is C17H20FN3O2S. The minimum Gasteiger partial charge on any atom is -0.411 e. The molecule has 1 aliphatic rings. The van der Waals surface area contributed by atoms with Crippen LogP contribution in [-0.2, 0) is 4.79 Å². The Morgan fingerprint density at radius 1 is 1.38 bits per heavy atom. The molecule has 128 valence electrons. The van der Waals surface area contributed by atoms with E-state index in [1.54, 1.807) is 18.2 Å². The van der Waals surface area contributed by atoms with Crippen LogP contribution in [0.15, 0.2) is 33.9 Å². The molecule has 1 aliphatic heterocycles. The average molecular weight is 349 g/mol. The van der Waals surface area contributed by atoms with Gasteiger partial charge in [0.1, 0.15) is 5.82 Å². The van der Waals surface area contributed by atoms with Crippen LogP contribution in [-0.4, -0.2) is 39.3 Å². The number of halogens is 1. The number of hydrogen-bond acceptors (Lipinski definition) is 5. The van der Waals surface area contributed by atoms with Crippen LogP contribution in [0.5, 0.6) is 0 Å². The molecule has 0 saturated carbocycles. The molecule has 5 nitrogen and oxygen atoms in total. The molecule has 0 unspecified atom stereocenters. The summed E-state index contributed by atoms with van der Waals surface area (Å²) in [6, 6.07) is 6.58. The molecule has 0 N–H and O–H groups in total. The van der Waals surface area contributed by atoms with Crippen molar-refractivity contribution in [3.63, 3.8) is 0 Å². The molecular weight excluding hydrogens is 329 g/mol. The van der Waals surface area contributed by atoms with Crippen molar-refractivity contribution < 1.29 is 13.6 Å². The van der Waals surface area contributed by atoms with Crippen LogP contribution in [0.1, 0.15) is 32.6 Å². The first-order valence-corrected chi connectivity index (χ1v) is 9.18. The van der Waals surface area contributed by atoms with E-state index in [2.05, 4.69) is 17.1 Å². The Morgan fingerprint density at radius 3 is 3.00 bits per heavy atom. The topological polar surface area (TPSA) is 59.2 Å². The summed E-state index contributed by atoms with van der Waals surface area (Å²) < 4.78 is 19.2. The van der Waals surface area contributed by atoms with Gasteiger partial charge >= 0.3 is 0 Å². The first kappa shape index (κ1) is 17.0. The van der Waals surface area contributed by atoms with Gasteiger partial charge in [0.25, 0.3) is 11.1 Å². The van der Waals surface area contributed by atoms with E-state index in [4.69, 9.17) is 4.42 Å². The second-order valence-corrected chi connectivity index (χ2v) is 6.71. The highest BCUT2D eigenvalue weighted by molar-refractivity contribution is 7.99. The molecule has 2 aromatic rings. The lowest BCUT2D eigenvalue weighted by molar-refractivity contribution is -0.132. The van der Waals surface area contributed by atoms with E-state index in [1.807, 2.05) is 4.90 Å². The van der Waals surface area contributed by atoms with Crippen molar-refractivity contribution in [3.05, 3.63) is 30.1 Å². The molecule has 3 rings (SSSR count). The maximum atomic E-state index is 13.7. The third-order valence-corrected chi connectivity index (χ3v) is 5.05. The molecule has 24 heavy (non-hydrogen) atoms. The lowest BCUT2D eigenvalue weighted by atomic mass is 10.0. The normalized spacial score (nSPS) is 17.9. The molecule has 0 bridgehead atoms. The van der Waals surface area contributed by atoms with Gasteiger partial charge in [-0.15, -0.1) is 10.2 Å². The Kier molecular flexibility index (Phi) is 5.50. The molecule has 1 fully saturated rings. The first-order valence-electron chi connectivity index (χ1n) is 8.19. The summed E-state index contributed by atoms with van der Waals surface area (Å²) in [6.45, 7) is 2.93. The smallest absolute Gasteiger partial charge is 0.277 e. The highest BCUT2D eigenvalue weighted by Gasteiger charge is 2.25. The van der Waals surface area contributed by atoms with Crippen LogP contribution in [0.4, 0.5) is 4.39 Å². The van der Waals surface area contributed by atoms with Gasteiger partial charge in [-0.3, -0.25) is 4.79 Å². The van der Waals surface area contributed by atoms with Crippen LogP contribution in [0.25, 0.3) is 11.5 Å². The average Bonchev–Trinajstić information content (AvgIpc) is 3.08. The lowest BCUT2D eigenvalue weighted by Gasteiger charge is -2.35. The summed E-state index contributed by atoms with van der Waals surface area (Å²) >= 11 is 1.20. The van der Waals surface area contributed by atoms with Crippen LogP contribution in [0.2, 0.25) is 0 Å². The van der Waals surface area contributed by atoms with Crippen LogP contribution in [0, 0.1) is 5.82 Å². The Hall–Kier alpha value is -1.89. The number of amides is 1. The number of rotatable bonds is 5. The summed E-state index contributed by atoms with van der Waals surface area (Å²) in [5.74, 6) is 0.0765. The number of benzene rings is 1. The molecule has 1 atom stereocenters. The molecule has 1 saturated heterocycles. The predicted octanol–water partition coefficient (Wildman–Crippen LogP) is 3.76. The van der Waals surface area contributed by atoms with Crippen molar-refractivity contribution >= 4 is 17.7 Å². The van der Waals surface area contributed by atoms with Crippen molar-refractivity contribution in [2.75, 3.05) is 12.3 Å². The number of piperidine rings is 1. The van der Waals surface area contributed by atoms with Gasteiger partial charge < -0.3 is 9.32 Å². The highest BCUT2D eigenvalue weighted by atomic mass is 32.2. The Bertz CT molecular complexity index is 707. The van der Waals surface area contributed by atoms with Gasteiger partial charge in [0.15, 0.2) is 0 Å². The predicted molar refractivity (Wildman–Crippen MR) is 90.1 cm³/mol. The largest absolute Gasteiger partial charge is 0.411 e. The van der Waals surface area contributed by atoms with E-state index in [9.17, 15) is 9.18 Å². The Morgan fingerprint density at radius 2 is 2.21 bits per heavy atom. The molecule has 0 spiro atoms. The Labute approximate surface area is 144 Å². The minimum absolute atomic E-state index is 0.0946. The Balaban J connectivity index is 1.61. The number of hydrogen-bond donors (Lipinski definition) is 0. The van der Waals surface area contributed by atoms with E-state index in [-0.39, 0.29) is 28.3 Å². The van der Waals surface area contributed by atoms with Gasteiger partial charge in [0.2, 0.25) is 5.91 Å². The zero-order valence-electron chi connectivity index (χ0n) is 13.6. The number of carbonyl (C=O) groups is 1. The summed E-state index contributed by atoms with van der Waals surface area (Å²) in [4.78, 5) is 14.4. The molecule has 0 aliphatic carbocycles. The molecule has 1 aromatic carbocycles. The fourth-order valence-corrected chi connectivity index (χ4v) is 3.62. The van der Waals surface area contributed by atoms with Crippen molar-refractivity contribution in [1.29, 1.82) is 0 Å². The number of carbonyl (C=O) groups excluding carboxylic acids is 1. The summed E-state index contributed by atoms with van der Waals surface area (Å²) in [7, 11) is 0. The second-order valence-electron chi connectivity index (χ2n) is 5.79. The van der Waals surface area contributed by atoms with Crippen LogP contribution >= 0.6 is 11.8 Å².